The SMILES string of the molecule is C#CCc1cc(F)ccc1C(F)(F)F. The van der Waals surface area contributed by atoms with E-state index in [1.54, 1.807) is 0 Å². The van der Waals surface area contributed by atoms with Crippen LogP contribution in [0, 0.1) is 18.2 Å². The Morgan fingerprint density at radius 3 is 2.43 bits per heavy atom. The molecule has 0 atom stereocenters. The van der Waals surface area contributed by atoms with Crippen molar-refractivity contribution in [1.29, 1.82) is 0 Å². The average molecular weight is 202 g/mol. The van der Waals surface area contributed by atoms with E-state index in [0.717, 1.165) is 12.1 Å². The minimum absolute atomic E-state index is 0.208. The summed E-state index contributed by atoms with van der Waals surface area (Å²) < 4.78 is 49.6. The normalized spacial score (nSPS) is 11.1. The minimum atomic E-state index is -4.49. The Morgan fingerprint density at radius 1 is 1.29 bits per heavy atom. The molecule has 1 aromatic rings. The van der Waals surface area contributed by atoms with Crippen LogP contribution in [0.1, 0.15) is 11.1 Å². The van der Waals surface area contributed by atoms with Gasteiger partial charge in [-0.25, -0.2) is 4.39 Å². The molecule has 14 heavy (non-hydrogen) atoms. The summed E-state index contributed by atoms with van der Waals surface area (Å²) in [6.45, 7) is 0. The molecule has 0 amide bonds. The summed E-state index contributed by atoms with van der Waals surface area (Å²) >= 11 is 0. The monoisotopic (exact) mass is 202 g/mol. The van der Waals surface area contributed by atoms with Crippen molar-refractivity contribution in [3.8, 4) is 12.3 Å². The van der Waals surface area contributed by atoms with E-state index in [0.29, 0.717) is 6.07 Å². The zero-order valence-corrected chi connectivity index (χ0v) is 7.03. The summed E-state index contributed by atoms with van der Waals surface area (Å²) in [6, 6.07) is 2.27. The van der Waals surface area contributed by atoms with Crippen LogP contribution in [0.2, 0.25) is 0 Å². The molecule has 0 aliphatic carbocycles. The summed E-state index contributed by atoms with van der Waals surface area (Å²) in [5.74, 6) is 1.34. The highest BCUT2D eigenvalue weighted by atomic mass is 19.4. The Bertz CT molecular complexity index is 371. The van der Waals surface area contributed by atoms with Crippen molar-refractivity contribution < 1.29 is 17.6 Å². The van der Waals surface area contributed by atoms with Crippen molar-refractivity contribution in [1.82, 2.24) is 0 Å². The quantitative estimate of drug-likeness (QED) is 0.485. The number of terminal acetylenes is 1. The van der Waals surface area contributed by atoms with Gasteiger partial charge in [-0.2, -0.15) is 13.2 Å². The third-order valence-electron chi connectivity index (χ3n) is 1.67. The molecular weight excluding hydrogens is 196 g/mol. The lowest BCUT2D eigenvalue weighted by Gasteiger charge is -2.10. The molecule has 0 aliphatic rings. The summed E-state index contributed by atoms with van der Waals surface area (Å²) in [4.78, 5) is 0. The summed E-state index contributed by atoms with van der Waals surface area (Å²) in [6.07, 6.45) is 0.167. The van der Waals surface area contributed by atoms with Gasteiger partial charge in [0.05, 0.1) is 5.56 Å². The van der Waals surface area contributed by atoms with E-state index in [1.165, 1.54) is 0 Å². The third-order valence-corrected chi connectivity index (χ3v) is 1.67. The number of benzene rings is 1. The predicted molar refractivity (Wildman–Crippen MR) is 43.9 cm³/mol. The van der Waals surface area contributed by atoms with Crippen molar-refractivity contribution in [2.24, 2.45) is 0 Å². The number of hydrogen-bond donors (Lipinski definition) is 0. The van der Waals surface area contributed by atoms with Crippen molar-refractivity contribution in [2.75, 3.05) is 0 Å². The Balaban J connectivity index is 3.23. The molecule has 0 saturated carbocycles. The minimum Gasteiger partial charge on any atom is -0.207 e. The molecule has 1 rings (SSSR count). The van der Waals surface area contributed by atoms with Crippen LogP contribution < -0.4 is 0 Å². The first-order chi connectivity index (χ1) is 6.45. The van der Waals surface area contributed by atoms with Crippen LogP contribution in [0.4, 0.5) is 17.6 Å². The van der Waals surface area contributed by atoms with E-state index >= 15 is 0 Å². The van der Waals surface area contributed by atoms with Gasteiger partial charge in [-0.3, -0.25) is 0 Å². The van der Waals surface area contributed by atoms with E-state index in [-0.39, 0.29) is 12.0 Å². The van der Waals surface area contributed by atoms with E-state index in [2.05, 4.69) is 5.92 Å². The van der Waals surface area contributed by atoms with Crippen LogP contribution in [0.15, 0.2) is 18.2 Å². The summed E-state index contributed by atoms with van der Waals surface area (Å²) in [5.41, 5.74) is -1.09. The maximum atomic E-state index is 12.6. The van der Waals surface area contributed by atoms with Gasteiger partial charge in [0, 0.05) is 6.42 Å². The molecule has 0 saturated heterocycles. The maximum absolute atomic E-state index is 12.6. The van der Waals surface area contributed by atoms with Crippen molar-refractivity contribution in [3.05, 3.63) is 35.1 Å². The average Bonchev–Trinajstić information content (AvgIpc) is 2.02. The van der Waals surface area contributed by atoms with Crippen LogP contribution in [0.25, 0.3) is 0 Å². The first-order valence-corrected chi connectivity index (χ1v) is 3.74. The number of alkyl halides is 3. The van der Waals surface area contributed by atoms with Crippen LogP contribution in [-0.4, -0.2) is 0 Å². The maximum Gasteiger partial charge on any atom is 0.416 e. The van der Waals surface area contributed by atoms with Crippen molar-refractivity contribution >= 4 is 0 Å². The van der Waals surface area contributed by atoms with Gasteiger partial charge in [0.15, 0.2) is 0 Å². The fourth-order valence-electron chi connectivity index (χ4n) is 1.10. The number of hydrogen-bond acceptors (Lipinski definition) is 0. The molecule has 74 valence electrons. The topological polar surface area (TPSA) is 0 Å². The molecule has 0 spiro atoms. The second-order valence-electron chi connectivity index (χ2n) is 2.68. The van der Waals surface area contributed by atoms with Gasteiger partial charge in [-0.15, -0.1) is 12.3 Å². The van der Waals surface area contributed by atoms with Gasteiger partial charge >= 0.3 is 6.18 Å². The zero-order valence-electron chi connectivity index (χ0n) is 7.03. The highest BCUT2D eigenvalue weighted by Crippen LogP contribution is 2.32. The molecule has 0 fully saturated rings. The largest absolute Gasteiger partial charge is 0.416 e. The highest BCUT2D eigenvalue weighted by molar-refractivity contribution is 5.32. The van der Waals surface area contributed by atoms with Crippen LogP contribution in [0.3, 0.4) is 0 Å². The number of halogens is 4. The van der Waals surface area contributed by atoms with Gasteiger partial charge in [0.1, 0.15) is 5.82 Å². The fraction of sp³-hybridized carbons (Fsp3) is 0.200. The molecule has 0 nitrogen and oxygen atoms in total. The Morgan fingerprint density at radius 2 is 1.93 bits per heavy atom. The lowest BCUT2D eigenvalue weighted by molar-refractivity contribution is -0.138. The molecular formula is C10H6F4. The van der Waals surface area contributed by atoms with Gasteiger partial charge in [0.25, 0.3) is 0 Å². The molecule has 0 unspecified atom stereocenters. The van der Waals surface area contributed by atoms with Crippen LogP contribution in [0.5, 0.6) is 0 Å². The lowest BCUT2D eigenvalue weighted by atomic mass is 10.0. The molecule has 0 aliphatic heterocycles. The smallest absolute Gasteiger partial charge is 0.207 e. The number of rotatable bonds is 1. The van der Waals surface area contributed by atoms with E-state index < -0.39 is 17.6 Å². The summed E-state index contributed by atoms with van der Waals surface area (Å²) in [7, 11) is 0. The lowest BCUT2D eigenvalue weighted by Crippen LogP contribution is -2.09. The zero-order chi connectivity index (χ0) is 10.8. The molecule has 4 heteroatoms. The first kappa shape index (κ1) is 10.6. The predicted octanol–water partition coefficient (Wildman–Crippen LogP) is 3.02. The molecule has 0 bridgehead atoms. The Kier molecular flexibility index (Phi) is 2.80. The third kappa shape index (κ3) is 2.25. The van der Waals surface area contributed by atoms with Crippen LogP contribution in [-0.2, 0) is 12.6 Å². The van der Waals surface area contributed by atoms with Gasteiger partial charge < -0.3 is 0 Å². The van der Waals surface area contributed by atoms with Crippen molar-refractivity contribution in [3.63, 3.8) is 0 Å². The van der Waals surface area contributed by atoms with Gasteiger partial charge in [-0.05, 0) is 23.8 Å². The molecule has 0 heterocycles. The molecule has 0 N–H and O–H groups in total. The highest BCUT2D eigenvalue weighted by Gasteiger charge is 2.32. The molecule has 0 radical (unpaired) electrons. The standard InChI is InChI=1S/C10H6F4/c1-2-3-7-6-8(11)4-5-9(7)10(12,13)14/h1,4-6H,3H2. The van der Waals surface area contributed by atoms with E-state index in [4.69, 9.17) is 6.42 Å². The van der Waals surface area contributed by atoms with E-state index in [1.807, 2.05) is 0 Å². The molecule has 1 aromatic carbocycles. The Hall–Kier alpha value is -1.50. The molecule has 0 aromatic heterocycles. The Labute approximate surface area is 78.6 Å². The summed E-state index contributed by atoms with van der Waals surface area (Å²) in [5, 5.41) is 0. The second kappa shape index (κ2) is 3.70. The van der Waals surface area contributed by atoms with E-state index in [9.17, 15) is 17.6 Å². The van der Waals surface area contributed by atoms with Crippen molar-refractivity contribution in [2.45, 2.75) is 12.6 Å². The van der Waals surface area contributed by atoms with Gasteiger partial charge in [0.2, 0.25) is 0 Å². The van der Waals surface area contributed by atoms with Crippen LogP contribution >= 0.6 is 0 Å². The first-order valence-electron chi connectivity index (χ1n) is 3.74. The van der Waals surface area contributed by atoms with Gasteiger partial charge in [-0.1, -0.05) is 0 Å². The second-order valence-corrected chi connectivity index (χ2v) is 2.68. The fourth-order valence-corrected chi connectivity index (χ4v) is 1.10.